The van der Waals surface area contributed by atoms with Crippen molar-refractivity contribution >= 4 is 12.6 Å². The second-order valence-corrected chi connectivity index (χ2v) is 10.9. The third kappa shape index (κ3) is 5.01. The van der Waals surface area contributed by atoms with Gasteiger partial charge in [-0.25, -0.2) is 15.0 Å². The van der Waals surface area contributed by atoms with Crippen molar-refractivity contribution in [1.82, 2.24) is 15.0 Å². The summed E-state index contributed by atoms with van der Waals surface area (Å²) in [4.78, 5) is 13.9. The third-order valence-corrected chi connectivity index (χ3v) is 7.67. The van der Waals surface area contributed by atoms with Crippen molar-refractivity contribution in [2.45, 2.75) is 38.9 Å². The standard InChI is InChI=1S/C33H30BN3O2/c1-32(2)33(3,4)39-34(38-32)29-20-27(24-13-9-6-10-14-24)19-28(21-29)31-36-22-35-30(37-31)26-17-15-25(16-18-26)23-11-7-5-8-12-23/h5-22H,1-4H3. The highest BCUT2D eigenvalue weighted by atomic mass is 16.7. The molecule has 1 fully saturated rings. The van der Waals surface area contributed by atoms with E-state index in [4.69, 9.17) is 14.3 Å². The summed E-state index contributed by atoms with van der Waals surface area (Å²) in [5.41, 5.74) is 6.34. The third-order valence-electron chi connectivity index (χ3n) is 7.67. The van der Waals surface area contributed by atoms with Gasteiger partial charge >= 0.3 is 7.12 Å². The summed E-state index contributed by atoms with van der Waals surface area (Å²) in [5.74, 6) is 1.23. The minimum absolute atomic E-state index is 0.438. The van der Waals surface area contributed by atoms with Gasteiger partial charge in [-0.3, -0.25) is 0 Å². The van der Waals surface area contributed by atoms with Gasteiger partial charge in [-0.05, 0) is 61.5 Å². The monoisotopic (exact) mass is 511 g/mol. The molecular formula is C33H30BN3O2. The summed E-state index contributed by atoms with van der Waals surface area (Å²) in [6.45, 7) is 8.26. The Labute approximate surface area is 230 Å². The number of benzene rings is 4. The Balaban J connectivity index is 1.39. The first-order valence-corrected chi connectivity index (χ1v) is 13.2. The second kappa shape index (κ2) is 9.88. The zero-order valence-corrected chi connectivity index (χ0v) is 22.6. The van der Waals surface area contributed by atoms with E-state index in [0.29, 0.717) is 11.6 Å². The molecule has 0 N–H and O–H groups in total. The van der Waals surface area contributed by atoms with Crippen molar-refractivity contribution in [2.75, 3.05) is 0 Å². The smallest absolute Gasteiger partial charge is 0.399 e. The molecule has 0 atom stereocenters. The topological polar surface area (TPSA) is 57.1 Å². The lowest BCUT2D eigenvalue weighted by Crippen LogP contribution is -2.41. The number of nitrogens with zero attached hydrogens (tertiary/aromatic N) is 3. The molecule has 0 spiro atoms. The van der Waals surface area contributed by atoms with Crippen LogP contribution in [-0.4, -0.2) is 33.3 Å². The van der Waals surface area contributed by atoms with Crippen LogP contribution in [0.5, 0.6) is 0 Å². The molecule has 0 radical (unpaired) electrons. The van der Waals surface area contributed by atoms with E-state index in [1.165, 1.54) is 5.56 Å². The van der Waals surface area contributed by atoms with E-state index in [2.05, 4.69) is 104 Å². The molecule has 5 aromatic rings. The number of hydrogen-bond donors (Lipinski definition) is 0. The summed E-state index contributed by atoms with van der Waals surface area (Å²) in [6.07, 6.45) is 1.58. The molecule has 0 aliphatic carbocycles. The van der Waals surface area contributed by atoms with E-state index in [0.717, 1.165) is 33.3 Å². The highest BCUT2D eigenvalue weighted by molar-refractivity contribution is 6.62. The van der Waals surface area contributed by atoms with Gasteiger partial charge < -0.3 is 9.31 Å². The molecule has 0 saturated carbocycles. The summed E-state index contributed by atoms with van der Waals surface area (Å²) in [7, 11) is -0.496. The molecule has 4 aromatic carbocycles. The maximum atomic E-state index is 6.40. The second-order valence-electron chi connectivity index (χ2n) is 10.9. The number of rotatable bonds is 5. The van der Waals surface area contributed by atoms with Crippen LogP contribution < -0.4 is 5.46 Å². The SMILES string of the molecule is CC1(C)OB(c2cc(-c3ccccc3)cc(-c3ncnc(-c4ccc(-c5ccccc5)cc4)n3)c2)OC1(C)C. The Bertz CT molecular complexity index is 1590. The molecule has 6 rings (SSSR count). The largest absolute Gasteiger partial charge is 0.494 e. The van der Waals surface area contributed by atoms with E-state index < -0.39 is 18.3 Å². The van der Waals surface area contributed by atoms with E-state index in [1.807, 2.05) is 36.4 Å². The fourth-order valence-electron chi connectivity index (χ4n) is 4.71. The lowest BCUT2D eigenvalue weighted by Gasteiger charge is -2.32. The average molecular weight is 511 g/mol. The first-order chi connectivity index (χ1) is 18.8. The molecule has 5 nitrogen and oxygen atoms in total. The highest BCUT2D eigenvalue weighted by Crippen LogP contribution is 2.37. The predicted molar refractivity (Wildman–Crippen MR) is 157 cm³/mol. The van der Waals surface area contributed by atoms with Crippen LogP contribution in [-0.2, 0) is 9.31 Å². The van der Waals surface area contributed by atoms with Crippen LogP contribution in [0.2, 0.25) is 0 Å². The predicted octanol–water partition coefficient (Wildman–Crippen LogP) is 6.84. The zero-order chi connectivity index (χ0) is 27.0. The van der Waals surface area contributed by atoms with Gasteiger partial charge in [0, 0.05) is 11.1 Å². The molecular weight excluding hydrogens is 481 g/mol. The molecule has 1 saturated heterocycles. The van der Waals surface area contributed by atoms with Gasteiger partial charge in [0.2, 0.25) is 0 Å². The first-order valence-electron chi connectivity index (χ1n) is 13.2. The minimum atomic E-state index is -0.496. The molecule has 1 aliphatic heterocycles. The van der Waals surface area contributed by atoms with Crippen LogP contribution in [0, 0.1) is 0 Å². The van der Waals surface area contributed by atoms with Crippen molar-refractivity contribution in [3.8, 4) is 45.0 Å². The molecule has 2 heterocycles. The molecule has 0 bridgehead atoms. The number of aromatic nitrogens is 3. The molecule has 1 aliphatic rings. The summed E-state index contributed by atoms with van der Waals surface area (Å²) in [6, 6.07) is 35.2. The lowest BCUT2D eigenvalue weighted by molar-refractivity contribution is 0.00578. The van der Waals surface area contributed by atoms with Gasteiger partial charge in [0.1, 0.15) is 6.33 Å². The molecule has 1 aromatic heterocycles. The quantitative estimate of drug-likeness (QED) is 0.242. The Morgan fingerprint density at radius 2 is 0.974 bits per heavy atom. The highest BCUT2D eigenvalue weighted by Gasteiger charge is 2.51. The van der Waals surface area contributed by atoms with Crippen LogP contribution in [0.1, 0.15) is 27.7 Å². The van der Waals surface area contributed by atoms with E-state index in [9.17, 15) is 0 Å². The van der Waals surface area contributed by atoms with Crippen molar-refractivity contribution < 1.29 is 9.31 Å². The normalized spacial score (nSPS) is 15.8. The summed E-state index contributed by atoms with van der Waals surface area (Å²) >= 11 is 0. The van der Waals surface area contributed by atoms with Gasteiger partial charge in [0.05, 0.1) is 11.2 Å². The van der Waals surface area contributed by atoms with Gasteiger partial charge in [0.25, 0.3) is 0 Å². The fraction of sp³-hybridized carbons (Fsp3) is 0.182. The molecule has 6 heteroatoms. The van der Waals surface area contributed by atoms with Crippen LogP contribution in [0.15, 0.2) is 109 Å². The van der Waals surface area contributed by atoms with Crippen LogP contribution in [0.4, 0.5) is 0 Å². The molecule has 39 heavy (non-hydrogen) atoms. The zero-order valence-electron chi connectivity index (χ0n) is 22.6. The van der Waals surface area contributed by atoms with E-state index in [1.54, 1.807) is 6.33 Å². The Morgan fingerprint density at radius 1 is 0.513 bits per heavy atom. The molecule has 192 valence electrons. The fourth-order valence-corrected chi connectivity index (χ4v) is 4.71. The molecule has 0 amide bonds. The van der Waals surface area contributed by atoms with Crippen LogP contribution >= 0.6 is 0 Å². The van der Waals surface area contributed by atoms with Gasteiger partial charge in [0.15, 0.2) is 11.6 Å². The summed E-state index contributed by atoms with van der Waals surface area (Å²) in [5, 5.41) is 0. The van der Waals surface area contributed by atoms with Gasteiger partial charge in [-0.1, -0.05) is 97.1 Å². The molecule has 0 unspecified atom stereocenters. The van der Waals surface area contributed by atoms with Crippen LogP contribution in [0.3, 0.4) is 0 Å². The van der Waals surface area contributed by atoms with Crippen molar-refractivity contribution in [2.24, 2.45) is 0 Å². The van der Waals surface area contributed by atoms with E-state index in [-0.39, 0.29) is 0 Å². The summed E-state index contributed by atoms with van der Waals surface area (Å²) < 4.78 is 12.8. The van der Waals surface area contributed by atoms with Crippen molar-refractivity contribution in [3.63, 3.8) is 0 Å². The lowest BCUT2D eigenvalue weighted by atomic mass is 9.77. The Morgan fingerprint density at radius 3 is 1.56 bits per heavy atom. The maximum Gasteiger partial charge on any atom is 0.494 e. The van der Waals surface area contributed by atoms with E-state index >= 15 is 0 Å². The van der Waals surface area contributed by atoms with Crippen molar-refractivity contribution in [1.29, 1.82) is 0 Å². The van der Waals surface area contributed by atoms with Gasteiger partial charge in [-0.15, -0.1) is 0 Å². The van der Waals surface area contributed by atoms with Crippen molar-refractivity contribution in [3.05, 3.63) is 109 Å². The Hall–Kier alpha value is -4.13. The minimum Gasteiger partial charge on any atom is -0.399 e. The first kappa shape index (κ1) is 25.2. The van der Waals surface area contributed by atoms with Crippen LogP contribution in [0.25, 0.3) is 45.0 Å². The maximum absolute atomic E-state index is 6.40. The Kier molecular flexibility index (Phi) is 6.38. The average Bonchev–Trinajstić information content (AvgIpc) is 3.20. The number of hydrogen-bond acceptors (Lipinski definition) is 5. The van der Waals surface area contributed by atoms with Gasteiger partial charge in [-0.2, -0.15) is 0 Å².